The van der Waals surface area contributed by atoms with Crippen LogP contribution in [0.15, 0.2) is 0 Å². The fraction of sp³-hybridized carbons (Fsp3) is 0.833. The van der Waals surface area contributed by atoms with Crippen LogP contribution < -0.4 is 11.4 Å². The highest BCUT2D eigenvalue weighted by molar-refractivity contribution is 5.57. The summed E-state index contributed by atoms with van der Waals surface area (Å²) in [6.45, 7) is -0.750. The van der Waals surface area contributed by atoms with E-state index in [9.17, 15) is 9.90 Å². The van der Waals surface area contributed by atoms with Gasteiger partial charge in [-0.2, -0.15) is 0 Å². The lowest BCUT2D eigenvalue weighted by molar-refractivity contribution is -0.159. The maximum atomic E-state index is 10.3. The number of nitrogens with one attached hydrogen (secondary N) is 1. The summed E-state index contributed by atoms with van der Waals surface area (Å²) in [5, 5.41) is 35.8. The topological polar surface area (TPSA) is 145 Å². The van der Waals surface area contributed by atoms with E-state index in [0.29, 0.717) is 0 Å². The van der Waals surface area contributed by atoms with Crippen molar-refractivity contribution in [1.29, 1.82) is 0 Å². The van der Waals surface area contributed by atoms with Gasteiger partial charge >= 0.3 is 0 Å². The molecule has 0 rings (SSSR count). The van der Waals surface area contributed by atoms with E-state index in [-0.39, 0.29) is 6.29 Å². The molecule has 0 fully saturated rings. The molecule has 0 amide bonds. The van der Waals surface area contributed by atoms with Crippen LogP contribution in [0.2, 0.25) is 0 Å². The van der Waals surface area contributed by atoms with Crippen LogP contribution in [0.4, 0.5) is 0 Å². The molecule has 0 heterocycles. The second kappa shape index (κ2) is 6.79. The molecule has 0 spiro atoms. The molecule has 0 aromatic rings. The first-order chi connectivity index (χ1) is 6.58. The number of hydrogen-bond donors (Lipinski definition) is 6. The third kappa shape index (κ3) is 3.64. The monoisotopic (exact) mass is 210 g/mol. The molecule has 0 aromatic heterocycles. The van der Waals surface area contributed by atoms with E-state index in [1.807, 2.05) is 0 Å². The first-order valence-electron chi connectivity index (χ1n) is 3.80. The van der Waals surface area contributed by atoms with Crippen LogP contribution in [-0.2, 0) is 9.63 Å². The molecule has 0 aromatic carbocycles. The standard InChI is InChI=1S/C6H14N2O6/c7-8-14-4(2-10)6(13)5(12)3(11)1-9/h2-6,8-9,11-13H,1,7H2. The van der Waals surface area contributed by atoms with Gasteiger partial charge in [-0.3, -0.25) is 4.84 Å². The number of carbonyl (C=O) groups excluding carboxylic acids is 1. The van der Waals surface area contributed by atoms with E-state index in [1.165, 1.54) is 0 Å². The van der Waals surface area contributed by atoms with Crippen molar-refractivity contribution < 1.29 is 30.1 Å². The largest absolute Gasteiger partial charge is 0.394 e. The van der Waals surface area contributed by atoms with Crippen molar-refractivity contribution in [3.05, 3.63) is 0 Å². The molecule has 8 nitrogen and oxygen atoms in total. The first-order valence-corrected chi connectivity index (χ1v) is 3.80. The average Bonchev–Trinajstić information content (AvgIpc) is 2.22. The fourth-order valence-electron chi connectivity index (χ4n) is 0.786. The van der Waals surface area contributed by atoms with E-state index in [4.69, 9.17) is 21.2 Å². The Morgan fingerprint density at radius 1 is 1.36 bits per heavy atom. The van der Waals surface area contributed by atoms with Crippen LogP contribution in [0.1, 0.15) is 0 Å². The minimum atomic E-state index is -1.71. The minimum absolute atomic E-state index is 0.192. The second-order valence-corrected chi connectivity index (χ2v) is 2.57. The lowest BCUT2D eigenvalue weighted by Gasteiger charge is -2.24. The zero-order valence-corrected chi connectivity index (χ0v) is 7.28. The Labute approximate surface area is 79.8 Å². The van der Waals surface area contributed by atoms with Crippen LogP contribution in [0.5, 0.6) is 0 Å². The van der Waals surface area contributed by atoms with Gasteiger partial charge < -0.3 is 25.2 Å². The fourth-order valence-corrected chi connectivity index (χ4v) is 0.786. The zero-order valence-electron chi connectivity index (χ0n) is 7.28. The van der Waals surface area contributed by atoms with Gasteiger partial charge in [-0.05, 0) is 0 Å². The van der Waals surface area contributed by atoms with Gasteiger partial charge in [0.05, 0.1) is 6.61 Å². The number of nitrogens with two attached hydrogens (primary N) is 1. The Hall–Kier alpha value is -0.610. The highest BCUT2D eigenvalue weighted by atomic mass is 16.7. The van der Waals surface area contributed by atoms with E-state index < -0.39 is 31.0 Å². The third-order valence-corrected chi connectivity index (χ3v) is 1.61. The van der Waals surface area contributed by atoms with Crippen molar-refractivity contribution in [3.8, 4) is 0 Å². The summed E-state index contributed by atoms with van der Waals surface area (Å²) < 4.78 is 0. The quantitative estimate of drug-likeness (QED) is 0.142. The van der Waals surface area contributed by atoms with Crippen LogP contribution in [0.25, 0.3) is 0 Å². The Bertz CT molecular complexity index is 168. The Kier molecular flexibility index (Phi) is 6.49. The van der Waals surface area contributed by atoms with Crippen molar-refractivity contribution in [3.63, 3.8) is 0 Å². The molecule has 0 radical (unpaired) electrons. The molecule has 4 unspecified atom stereocenters. The van der Waals surface area contributed by atoms with Gasteiger partial charge in [0.25, 0.3) is 0 Å². The van der Waals surface area contributed by atoms with E-state index in [2.05, 4.69) is 4.84 Å². The summed E-state index contributed by atoms with van der Waals surface area (Å²) in [7, 11) is 0. The van der Waals surface area contributed by atoms with Gasteiger partial charge in [0, 0.05) is 0 Å². The van der Waals surface area contributed by atoms with Crippen molar-refractivity contribution in [2.24, 2.45) is 5.84 Å². The zero-order chi connectivity index (χ0) is 11.1. The first kappa shape index (κ1) is 13.4. The number of hydrogen-bond acceptors (Lipinski definition) is 8. The highest BCUT2D eigenvalue weighted by Crippen LogP contribution is 2.05. The lowest BCUT2D eigenvalue weighted by Crippen LogP contribution is -2.49. The SMILES string of the molecule is NNOC(C=O)C(O)C(O)C(O)CO. The van der Waals surface area contributed by atoms with Crippen molar-refractivity contribution in [1.82, 2.24) is 5.59 Å². The molecule has 7 N–H and O–H groups in total. The predicted molar refractivity (Wildman–Crippen MR) is 43.4 cm³/mol. The predicted octanol–water partition coefficient (Wildman–Crippen LogP) is -3.98. The molecule has 0 aliphatic heterocycles. The molecule has 0 aliphatic carbocycles. The smallest absolute Gasteiger partial charge is 0.164 e. The van der Waals surface area contributed by atoms with Gasteiger partial charge in [-0.25, -0.2) is 5.84 Å². The maximum absolute atomic E-state index is 10.3. The average molecular weight is 210 g/mol. The Balaban J connectivity index is 4.25. The summed E-state index contributed by atoms with van der Waals surface area (Å²) >= 11 is 0. The molecule has 84 valence electrons. The summed E-state index contributed by atoms with van der Waals surface area (Å²) in [4.78, 5) is 14.6. The maximum Gasteiger partial charge on any atom is 0.164 e. The number of carbonyl (C=O) groups is 1. The molecule has 0 saturated heterocycles. The van der Waals surface area contributed by atoms with E-state index in [0.717, 1.165) is 0 Å². The van der Waals surface area contributed by atoms with Crippen molar-refractivity contribution in [2.45, 2.75) is 24.4 Å². The third-order valence-electron chi connectivity index (χ3n) is 1.61. The molecule has 14 heavy (non-hydrogen) atoms. The molecule has 0 saturated carbocycles. The Morgan fingerprint density at radius 3 is 2.29 bits per heavy atom. The number of hydrazine groups is 1. The van der Waals surface area contributed by atoms with E-state index >= 15 is 0 Å². The molecular formula is C6H14N2O6. The van der Waals surface area contributed by atoms with Gasteiger partial charge in [0.2, 0.25) is 0 Å². The molecule has 0 aliphatic rings. The molecule has 8 heteroatoms. The highest BCUT2D eigenvalue weighted by Gasteiger charge is 2.31. The van der Waals surface area contributed by atoms with Gasteiger partial charge in [0.1, 0.15) is 18.3 Å². The number of aliphatic hydroxyl groups excluding tert-OH is 4. The molecular weight excluding hydrogens is 196 g/mol. The van der Waals surface area contributed by atoms with Crippen molar-refractivity contribution >= 4 is 6.29 Å². The normalized spacial score (nSPS) is 19.8. The lowest BCUT2D eigenvalue weighted by atomic mass is 10.0. The minimum Gasteiger partial charge on any atom is -0.394 e. The number of rotatable bonds is 7. The Morgan fingerprint density at radius 2 is 1.93 bits per heavy atom. The molecule has 0 bridgehead atoms. The van der Waals surface area contributed by atoms with E-state index in [1.54, 1.807) is 5.59 Å². The number of aliphatic hydroxyl groups is 4. The van der Waals surface area contributed by atoms with Gasteiger partial charge in [-0.15, -0.1) is 5.59 Å². The summed E-state index contributed by atoms with van der Waals surface area (Å²) in [5.41, 5.74) is 1.66. The molecule has 4 atom stereocenters. The van der Waals surface area contributed by atoms with Crippen LogP contribution >= 0.6 is 0 Å². The summed E-state index contributed by atoms with van der Waals surface area (Å²) in [6.07, 6.45) is -6.20. The second-order valence-electron chi connectivity index (χ2n) is 2.57. The summed E-state index contributed by atoms with van der Waals surface area (Å²) in [6, 6.07) is 0. The van der Waals surface area contributed by atoms with Gasteiger partial charge in [0.15, 0.2) is 12.4 Å². The van der Waals surface area contributed by atoms with Crippen LogP contribution in [0, 0.1) is 0 Å². The van der Waals surface area contributed by atoms with Crippen molar-refractivity contribution in [2.75, 3.05) is 6.61 Å². The van der Waals surface area contributed by atoms with Crippen LogP contribution in [-0.4, -0.2) is 57.7 Å². The van der Waals surface area contributed by atoms with Gasteiger partial charge in [-0.1, -0.05) is 0 Å². The summed E-state index contributed by atoms with van der Waals surface area (Å²) in [5.74, 6) is 4.72. The van der Waals surface area contributed by atoms with Crippen LogP contribution in [0.3, 0.4) is 0 Å². The number of aldehydes is 1.